The lowest BCUT2D eigenvalue weighted by molar-refractivity contribution is -0.0498. The molecular formula is C21H27F2N5O. The number of hydrogen-bond acceptors (Lipinski definition) is 4. The lowest BCUT2D eigenvalue weighted by Gasteiger charge is -2.22. The van der Waals surface area contributed by atoms with E-state index in [1.54, 1.807) is 31.3 Å². The van der Waals surface area contributed by atoms with Gasteiger partial charge in [0.15, 0.2) is 5.96 Å². The van der Waals surface area contributed by atoms with Gasteiger partial charge in [-0.3, -0.25) is 4.99 Å². The van der Waals surface area contributed by atoms with Crippen LogP contribution in [0.5, 0.6) is 5.75 Å². The smallest absolute Gasteiger partial charge is 0.387 e. The van der Waals surface area contributed by atoms with Crippen molar-refractivity contribution in [2.45, 2.75) is 32.5 Å². The molecule has 0 spiro atoms. The summed E-state index contributed by atoms with van der Waals surface area (Å²) in [4.78, 5) is 13.2. The molecular weight excluding hydrogens is 376 g/mol. The number of halogens is 2. The molecule has 1 aliphatic heterocycles. The molecule has 2 aromatic rings. The highest BCUT2D eigenvalue weighted by Gasteiger charge is 2.13. The Balaban J connectivity index is 1.51. The van der Waals surface area contributed by atoms with Crippen LogP contribution in [0, 0.1) is 0 Å². The lowest BCUT2D eigenvalue weighted by atomic mass is 10.2. The number of aromatic nitrogens is 1. The van der Waals surface area contributed by atoms with Crippen molar-refractivity contribution in [3.63, 3.8) is 0 Å². The van der Waals surface area contributed by atoms with Crippen LogP contribution in [0.1, 0.15) is 24.0 Å². The van der Waals surface area contributed by atoms with Crippen LogP contribution in [0.15, 0.2) is 47.6 Å². The molecule has 2 heterocycles. The van der Waals surface area contributed by atoms with Gasteiger partial charge in [-0.15, -0.1) is 0 Å². The summed E-state index contributed by atoms with van der Waals surface area (Å²) in [6.07, 6.45) is 4.36. The number of guanidine groups is 1. The van der Waals surface area contributed by atoms with E-state index in [9.17, 15) is 8.78 Å². The van der Waals surface area contributed by atoms with Gasteiger partial charge in [0.2, 0.25) is 0 Å². The van der Waals surface area contributed by atoms with Gasteiger partial charge in [0.25, 0.3) is 0 Å². The van der Waals surface area contributed by atoms with Gasteiger partial charge in [-0.25, -0.2) is 4.98 Å². The quantitative estimate of drug-likeness (QED) is 0.567. The highest BCUT2D eigenvalue weighted by atomic mass is 19.3. The highest BCUT2D eigenvalue weighted by molar-refractivity contribution is 5.79. The average Bonchev–Trinajstić information content (AvgIpc) is 3.25. The van der Waals surface area contributed by atoms with Crippen molar-refractivity contribution in [1.82, 2.24) is 15.2 Å². The van der Waals surface area contributed by atoms with Crippen LogP contribution in [0.3, 0.4) is 0 Å². The minimum atomic E-state index is -2.81. The Labute approximate surface area is 170 Å². The summed E-state index contributed by atoms with van der Waals surface area (Å²) in [6, 6.07) is 10.8. The van der Waals surface area contributed by atoms with Gasteiger partial charge in [-0.05, 0) is 42.2 Å². The minimum absolute atomic E-state index is 0.152. The van der Waals surface area contributed by atoms with E-state index in [-0.39, 0.29) is 5.75 Å². The molecule has 0 bridgehead atoms. The number of aliphatic imine (C=N–C) groups is 1. The van der Waals surface area contributed by atoms with Crippen molar-refractivity contribution in [2.24, 2.45) is 4.99 Å². The monoisotopic (exact) mass is 403 g/mol. The second kappa shape index (κ2) is 10.0. The molecule has 0 unspecified atom stereocenters. The maximum absolute atomic E-state index is 12.2. The topological polar surface area (TPSA) is 53.0 Å². The van der Waals surface area contributed by atoms with Gasteiger partial charge in [0, 0.05) is 46.5 Å². The number of nitrogens with zero attached hydrogens (tertiary/aromatic N) is 4. The molecule has 0 saturated carbocycles. The third kappa shape index (κ3) is 6.04. The molecule has 1 saturated heterocycles. The second-order valence-electron chi connectivity index (χ2n) is 7.00. The zero-order valence-electron chi connectivity index (χ0n) is 16.8. The fourth-order valence-corrected chi connectivity index (χ4v) is 3.35. The molecule has 0 aliphatic carbocycles. The number of benzene rings is 1. The van der Waals surface area contributed by atoms with E-state index < -0.39 is 6.61 Å². The van der Waals surface area contributed by atoms with Gasteiger partial charge >= 0.3 is 6.61 Å². The number of nitrogens with one attached hydrogen (secondary N) is 1. The van der Waals surface area contributed by atoms with Crippen LogP contribution < -0.4 is 15.0 Å². The Morgan fingerprint density at radius 3 is 2.45 bits per heavy atom. The Morgan fingerprint density at radius 2 is 1.86 bits per heavy atom. The summed E-state index contributed by atoms with van der Waals surface area (Å²) in [7, 11) is 3.65. The van der Waals surface area contributed by atoms with E-state index in [1.807, 2.05) is 18.1 Å². The number of ether oxygens (including phenoxy) is 1. The summed E-state index contributed by atoms with van der Waals surface area (Å²) >= 11 is 0. The molecule has 0 radical (unpaired) electrons. The van der Waals surface area contributed by atoms with Crippen molar-refractivity contribution < 1.29 is 13.5 Å². The minimum Gasteiger partial charge on any atom is -0.435 e. The van der Waals surface area contributed by atoms with E-state index in [0.29, 0.717) is 13.1 Å². The fourth-order valence-electron chi connectivity index (χ4n) is 3.35. The van der Waals surface area contributed by atoms with E-state index >= 15 is 0 Å². The van der Waals surface area contributed by atoms with Crippen LogP contribution >= 0.6 is 0 Å². The maximum Gasteiger partial charge on any atom is 0.387 e. The number of rotatable bonds is 7. The normalized spacial score (nSPS) is 14.4. The summed E-state index contributed by atoms with van der Waals surface area (Å²) in [5, 5.41) is 3.33. The Hall–Kier alpha value is -2.90. The Kier molecular flexibility index (Phi) is 7.21. The van der Waals surface area contributed by atoms with E-state index in [1.165, 1.54) is 12.8 Å². The van der Waals surface area contributed by atoms with Crippen molar-refractivity contribution in [2.75, 3.05) is 32.1 Å². The SMILES string of the molecule is CN=C(NCc1ccc(N2CCCC2)nc1)N(C)Cc1ccc(OC(F)F)cc1. The zero-order valence-corrected chi connectivity index (χ0v) is 16.8. The number of alkyl halides is 2. The molecule has 1 N–H and O–H groups in total. The van der Waals surface area contributed by atoms with Crippen molar-refractivity contribution in [3.05, 3.63) is 53.7 Å². The van der Waals surface area contributed by atoms with E-state index in [0.717, 1.165) is 36.0 Å². The van der Waals surface area contributed by atoms with Crippen molar-refractivity contribution in [1.29, 1.82) is 0 Å². The first-order valence-electron chi connectivity index (χ1n) is 9.70. The molecule has 1 fully saturated rings. The summed E-state index contributed by atoms with van der Waals surface area (Å²) < 4.78 is 28.9. The number of pyridine rings is 1. The highest BCUT2D eigenvalue weighted by Crippen LogP contribution is 2.18. The second-order valence-corrected chi connectivity index (χ2v) is 7.00. The lowest BCUT2D eigenvalue weighted by Crippen LogP contribution is -2.38. The predicted octanol–water partition coefficient (Wildman–Crippen LogP) is 3.49. The molecule has 156 valence electrons. The Morgan fingerprint density at radius 1 is 1.17 bits per heavy atom. The van der Waals surface area contributed by atoms with Gasteiger partial charge in [-0.2, -0.15) is 8.78 Å². The van der Waals surface area contributed by atoms with Crippen LogP contribution in [0.25, 0.3) is 0 Å². The first-order chi connectivity index (χ1) is 14.0. The first-order valence-corrected chi connectivity index (χ1v) is 9.70. The molecule has 1 aliphatic rings. The molecule has 1 aromatic carbocycles. The van der Waals surface area contributed by atoms with Crippen LogP contribution in [0.2, 0.25) is 0 Å². The fraction of sp³-hybridized carbons (Fsp3) is 0.429. The standard InChI is InChI=1S/C21H27F2N5O/c1-24-21(27(2)15-16-5-8-18(9-6-16)29-20(22)23)26-14-17-7-10-19(25-13-17)28-11-3-4-12-28/h5-10,13,20H,3-4,11-12,14-15H2,1-2H3,(H,24,26). The van der Waals surface area contributed by atoms with Gasteiger partial charge < -0.3 is 19.9 Å². The predicted molar refractivity (Wildman–Crippen MR) is 110 cm³/mol. The van der Waals surface area contributed by atoms with Crippen molar-refractivity contribution in [3.8, 4) is 5.75 Å². The van der Waals surface area contributed by atoms with Crippen molar-refractivity contribution >= 4 is 11.8 Å². The molecule has 0 amide bonds. The molecule has 29 heavy (non-hydrogen) atoms. The van der Waals surface area contributed by atoms with Crippen LogP contribution in [0.4, 0.5) is 14.6 Å². The Bertz CT molecular complexity index is 790. The maximum atomic E-state index is 12.2. The molecule has 1 aromatic heterocycles. The molecule has 6 nitrogen and oxygen atoms in total. The van der Waals surface area contributed by atoms with Gasteiger partial charge in [-0.1, -0.05) is 18.2 Å². The van der Waals surface area contributed by atoms with Crippen LogP contribution in [-0.4, -0.2) is 49.6 Å². The average molecular weight is 403 g/mol. The summed E-state index contributed by atoms with van der Waals surface area (Å²) in [6.45, 7) is 0.547. The van der Waals surface area contributed by atoms with E-state index in [4.69, 9.17) is 0 Å². The van der Waals surface area contributed by atoms with Gasteiger partial charge in [0.1, 0.15) is 11.6 Å². The summed E-state index contributed by atoms with van der Waals surface area (Å²) in [5.74, 6) is 1.92. The summed E-state index contributed by atoms with van der Waals surface area (Å²) in [5.41, 5.74) is 2.05. The number of hydrogen-bond donors (Lipinski definition) is 1. The van der Waals surface area contributed by atoms with E-state index in [2.05, 4.69) is 37.1 Å². The molecule has 8 heteroatoms. The first kappa shape index (κ1) is 20.8. The third-order valence-electron chi connectivity index (χ3n) is 4.83. The van der Waals surface area contributed by atoms with Crippen LogP contribution in [-0.2, 0) is 13.1 Å². The molecule has 0 atom stereocenters. The number of anilines is 1. The van der Waals surface area contributed by atoms with Gasteiger partial charge in [0.05, 0.1) is 0 Å². The zero-order chi connectivity index (χ0) is 20.6. The largest absolute Gasteiger partial charge is 0.435 e. The molecule has 3 rings (SSSR count). The third-order valence-corrected chi connectivity index (χ3v) is 4.83.